The predicted molar refractivity (Wildman–Crippen MR) is 92.1 cm³/mol. The van der Waals surface area contributed by atoms with Crippen molar-refractivity contribution in [2.45, 2.75) is 46.0 Å². The maximum Gasteiger partial charge on any atom is 0.272 e. The molecule has 3 aromatic heterocycles. The van der Waals surface area contributed by atoms with E-state index in [4.69, 9.17) is 0 Å². The van der Waals surface area contributed by atoms with Crippen LogP contribution in [0.15, 0.2) is 23.0 Å². The van der Waals surface area contributed by atoms with Gasteiger partial charge >= 0.3 is 0 Å². The molecule has 8 nitrogen and oxygen atoms in total. The number of aromatic amines is 1. The topological polar surface area (TPSA) is 91.5 Å². The van der Waals surface area contributed by atoms with E-state index >= 15 is 0 Å². The molecule has 1 aliphatic heterocycles. The van der Waals surface area contributed by atoms with Crippen LogP contribution in [-0.4, -0.2) is 40.9 Å². The fourth-order valence-electron chi connectivity index (χ4n) is 3.32. The van der Waals surface area contributed by atoms with Gasteiger partial charge in [0, 0.05) is 37.5 Å². The average Bonchev–Trinajstić information content (AvgIpc) is 3.16. The zero-order valence-corrected chi connectivity index (χ0v) is 14.4. The Hall–Kier alpha value is -2.45. The van der Waals surface area contributed by atoms with Crippen LogP contribution in [0.5, 0.6) is 0 Å². The first-order chi connectivity index (χ1) is 12.0. The van der Waals surface area contributed by atoms with Crippen LogP contribution in [0.2, 0.25) is 0 Å². The Morgan fingerprint density at radius 3 is 2.96 bits per heavy atom. The molecule has 0 bridgehead atoms. The van der Waals surface area contributed by atoms with Crippen molar-refractivity contribution in [1.29, 1.82) is 0 Å². The van der Waals surface area contributed by atoms with Gasteiger partial charge in [-0.05, 0) is 19.4 Å². The third-order valence-corrected chi connectivity index (χ3v) is 4.64. The highest BCUT2D eigenvalue weighted by molar-refractivity contribution is 5.39. The van der Waals surface area contributed by atoms with Gasteiger partial charge in [-0.15, -0.1) is 0 Å². The smallest absolute Gasteiger partial charge is 0.272 e. The summed E-state index contributed by atoms with van der Waals surface area (Å²) >= 11 is 0. The lowest BCUT2D eigenvalue weighted by Gasteiger charge is -2.27. The molecule has 25 heavy (non-hydrogen) atoms. The van der Waals surface area contributed by atoms with Crippen LogP contribution in [0.25, 0.3) is 5.65 Å². The number of aromatic nitrogens is 5. The number of aliphatic hydroxyl groups is 1. The molecule has 132 valence electrons. The molecule has 0 saturated heterocycles. The van der Waals surface area contributed by atoms with E-state index in [1.54, 1.807) is 6.07 Å². The zero-order valence-electron chi connectivity index (χ0n) is 14.4. The standard InChI is InChI=1S/C17H22N6O2/c1-3-15(24)14-8-13-10-21(4-5-22(13)20-14)9-12-7-17(25)23-16(18-12)6-11(2)19-23/h6-8,15,19,24H,3-5,9-10H2,1-2H3/t15-/m0/s1. The minimum Gasteiger partial charge on any atom is -0.387 e. The lowest BCUT2D eigenvalue weighted by molar-refractivity contribution is 0.166. The number of aryl methyl sites for hydroxylation is 1. The molecule has 0 amide bonds. The fourth-order valence-corrected chi connectivity index (χ4v) is 3.32. The molecule has 0 radical (unpaired) electrons. The molecule has 4 rings (SSSR count). The Kier molecular flexibility index (Phi) is 3.93. The third-order valence-electron chi connectivity index (χ3n) is 4.64. The second-order valence-electron chi connectivity index (χ2n) is 6.64. The van der Waals surface area contributed by atoms with Crippen LogP contribution in [-0.2, 0) is 19.6 Å². The molecule has 3 aromatic rings. The summed E-state index contributed by atoms with van der Waals surface area (Å²) in [6, 6.07) is 5.43. The van der Waals surface area contributed by atoms with Crippen LogP contribution in [0.4, 0.5) is 0 Å². The minimum absolute atomic E-state index is 0.0940. The highest BCUT2D eigenvalue weighted by atomic mass is 16.3. The number of fused-ring (bicyclic) bond motifs is 2. The number of H-pyrrole nitrogens is 1. The molecule has 1 atom stereocenters. The maximum atomic E-state index is 12.2. The largest absolute Gasteiger partial charge is 0.387 e. The molecule has 4 heterocycles. The van der Waals surface area contributed by atoms with Gasteiger partial charge in [0.2, 0.25) is 0 Å². The minimum atomic E-state index is -0.507. The van der Waals surface area contributed by atoms with Crippen molar-refractivity contribution in [1.82, 2.24) is 29.3 Å². The average molecular weight is 342 g/mol. The molecule has 0 spiro atoms. The normalized spacial score (nSPS) is 16.3. The van der Waals surface area contributed by atoms with Gasteiger partial charge in [-0.1, -0.05) is 6.92 Å². The molecule has 0 aromatic carbocycles. The van der Waals surface area contributed by atoms with Gasteiger partial charge in [0.1, 0.15) is 0 Å². The van der Waals surface area contributed by atoms with Crippen LogP contribution >= 0.6 is 0 Å². The Bertz CT molecular complexity index is 969. The summed E-state index contributed by atoms with van der Waals surface area (Å²) in [5.74, 6) is 0. The Morgan fingerprint density at radius 2 is 2.16 bits per heavy atom. The Morgan fingerprint density at radius 1 is 1.32 bits per heavy atom. The zero-order chi connectivity index (χ0) is 17.6. The van der Waals surface area contributed by atoms with Crippen molar-refractivity contribution in [3.8, 4) is 0 Å². The number of aliphatic hydroxyl groups excluding tert-OH is 1. The summed E-state index contributed by atoms with van der Waals surface area (Å²) in [5.41, 5.74) is 4.05. The first-order valence-electron chi connectivity index (χ1n) is 8.59. The summed E-state index contributed by atoms with van der Waals surface area (Å²) in [4.78, 5) is 19.0. The lowest BCUT2D eigenvalue weighted by atomic mass is 10.2. The van der Waals surface area contributed by atoms with Gasteiger partial charge in [-0.2, -0.15) is 5.10 Å². The van der Waals surface area contributed by atoms with Gasteiger partial charge < -0.3 is 5.11 Å². The molecule has 2 N–H and O–H groups in total. The molecule has 1 aliphatic rings. The molecular weight excluding hydrogens is 320 g/mol. The number of rotatable bonds is 4. The summed E-state index contributed by atoms with van der Waals surface area (Å²) < 4.78 is 3.42. The van der Waals surface area contributed by atoms with E-state index in [-0.39, 0.29) is 5.56 Å². The number of nitrogens with one attached hydrogen (secondary N) is 1. The van der Waals surface area contributed by atoms with E-state index in [9.17, 15) is 9.90 Å². The van der Waals surface area contributed by atoms with Gasteiger partial charge in [0.15, 0.2) is 5.65 Å². The summed E-state index contributed by atoms with van der Waals surface area (Å²) in [6.07, 6.45) is 0.150. The van der Waals surface area contributed by atoms with Crippen LogP contribution in [0.1, 0.15) is 42.2 Å². The molecule has 0 aliphatic carbocycles. The van der Waals surface area contributed by atoms with Crippen molar-refractivity contribution in [2.75, 3.05) is 6.54 Å². The highest BCUT2D eigenvalue weighted by Gasteiger charge is 2.21. The Labute approximate surface area is 144 Å². The van der Waals surface area contributed by atoms with E-state index < -0.39 is 6.10 Å². The van der Waals surface area contributed by atoms with Crippen LogP contribution in [0.3, 0.4) is 0 Å². The second kappa shape index (κ2) is 6.12. The lowest BCUT2D eigenvalue weighted by Crippen LogP contribution is -2.34. The van der Waals surface area contributed by atoms with Crippen molar-refractivity contribution < 1.29 is 5.11 Å². The quantitative estimate of drug-likeness (QED) is 0.738. The molecule has 0 unspecified atom stereocenters. The predicted octanol–water partition coefficient (Wildman–Crippen LogP) is 0.987. The SMILES string of the molecule is CC[C@H](O)c1cc2n(n1)CCN(Cc1cc(=O)n3[nH]c(C)cc3n1)C2. The number of hydrogen-bond donors (Lipinski definition) is 2. The van der Waals surface area contributed by atoms with Crippen molar-refractivity contribution in [3.63, 3.8) is 0 Å². The van der Waals surface area contributed by atoms with Crippen molar-refractivity contribution in [2.24, 2.45) is 0 Å². The third kappa shape index (κ3) is 2.98. The van der Waals surface area contributed by atoms with Gasteiger partial charge in [0.05, 0.1) is 29.7 Å². The van der Waals surface area contributed by atoms with E-state index in [0.717, 1.165) is 42.4 Å². The van der Waals surface area contributed by atoms with E-state index in [0.29, 0.717) is 18.6 Å². The van der Waals surface area contributed by atoms with Crippen molar-refractivity contribution >= 4 is 5.65 Å². The Balaban J connectivity index is 1.54. The number of hydrogen-bond acceptors (Lipinski definition) is 5. The molecule has 0 fully saturated rings. The van der Waals surface area contributed by atoms with Crippen molar-refractivity contribution in [3.05, 3.63) is 51.3 Å². The molecule has 8 heteroatoms. The van der Waals surface area contributed by atoms with E-state index in [1.165, 1.54) is 4.52 Å². The first kappa shape index (κ1) is 16.0. The maximum absolute atomic E-state index is 12.2. The summed E-state index contributed by atoms with van der Waals surface area (Å²) in [7, 11) is 0. The first-order valence-corrected chi connectivity index (χ1v) is 8.59. The van der Waals surface area contributed by atoms with Crippen LogP contribution < -0.4 is 5.56 Å². The summed E-state index contributed by atoms with van der Waals surface area (Å²) in [5, 5.41) is 17.4. The number of nitrogens with zero attached hydrogens (tertiary/aromatic N) is 5. The monoisotopic (exact) mass is 342 g/mol. The van der Waals surface area contributed by atoms with Gasteiger partial charge in [0.25, 0.3) is 5.56 Å². The van der Waals surface area contributed by atoms with Gasteiger partial charge in [-0.3, -0.25) is 19.5 Å². The summed E-state index contributed by atoms with van der Waals surface area (Å²) in [6.45, 7) is 6.81. The fraction of sp³-hybridized carbons (Fsp3) is 0.471. The van der Waals surface area contributed by atoms with Gasteiger partial charge in [-0.25, -0.2) is 9.50 Å². The van der Waals surface area contributed by atoms with Crippen LogP contribution in [0, 0.1) is 6.92 Å². The second-order valence-corrected chi connectivity index (χ2v) is 6.64. The molecule has 0 saturated carbocycles. The van der Waals surface area contributed by atoms with E-state index in [1.807, 2.05) is 30.7 Å². The molecular formula is C17H22N6O2. The van der Waals surface area contributed by atoms with E-state index in [2.05, 4.69) is 20.1 Å². The highest BCUT2D eigenvalue weighted by Crippen LogP contribution is 2.20.